The van der Waals surface area contributed by atoms with Gasteiger partial charge in [0.25, 0.3) is 0 Å². The lowest BCUT2D eigenvalue weighted by Gasteiger charge is -2.16. The number of benzene rings is 1. The van der Waals surface area contributed by atoms with E-state index in [0.29, 0.717) is 12.8 Å². The third-order valence-corrected chi connectivity index (χ3v) is 3.80. The highest BCUT2D eigenvalue weighted by Gasteiger charge is 2.46. The van der Waals surface area contributed by atoms with Crippen LogP contribution in [0, 0.1) is 0 Å². The van der Waals surface area contributed by atoms with Crippen LogP contribution in [0.5, 0.6) is 0 Å². The maximum atomic E-state index is 10.5. The van der Waals surface area contributed by atoms with Gasteiger partial charge in [-0.2, -0.15) is 0 Å². The Morgan fingerprint density at radius 2 is 1.60 bits per heavy atom. The van der Waals surface area contributed by atoms with E-state index in [1.807, 2.05) is 12.1 Å². The van der Waals surface area contributed by atoms with Gasteiger partial charge in [-0.1, -0.05) is 29.1 Å². The Balaban J connectivity index is 2.42. The smallest absolute Gasteiger partial charge is 0.0988 e. The molecule has 2 aliphatic carbocycles. The summed E-state index contributed by atoms with van der Waals surface area (Å²) in [5.74, 6) is 0. The largest absolute Gasteiger partial charge is 0.384 e. The highest BCUT2D eigenvalue weighted by molar-refractivity contribution is 9.10. The van der Waals surface area contributed by atoms with Gasteiger partial charge in [0, 0.05) is 17.3 Å². The first-order valence-electron chi connectivity index (χ1n) is 4.94. The standard InChI is InChI=1S/C13H11BrO/c1-7-5-13(15)6-8(2)11-4-9(14)3-10(7)12(11)13/h3-4,15H,1-2,5-6H2. The predicted molar refractivity (Wildman–Crippen MR) is 65.3 cm³/mol. The number of halogens is 1. The van der Waals surface area contributed by atoms with Crippen LogP contribution in [-0.4, -0.2) is 5.11 Å². The van der Waals surface area contributed by atoms with E-state index in [4.69, 9.17) is 0 Å². The third kappa shape index (κ3) is 1.06. The van der Waals surface area contributed by atoms with Crippen molar-refractivity contribution in [3.63, 3.8) is 0 Å². The summed E-state index contributed by atoms with van der Waals surface area (Å²) in [4.78, 5) is 0. The highest BCUT2D eigenvalue weighted by atomic mass is 79.9. The molecule has 0 amide bonds. The average Bonchev–Trinajstić information content (AvgIpc) is 2.50. The molecule has 0 saturated carbocycles. The van der Waals surface area contributed by atoms with Crippen LogP contribution in [0.3, 0.4) is 0 Å². The van der Waals surface area contributed by atoms with Gasteiger partial charge < -0.3 is 5.11 Å². The Kier molecular flexibility index (Phi) is 1.64. The molecule has 1 N–H and O–H groups in total. The van der Waals surface area contributed by atoms with Crippen LogP contribution < -0.4 is 0 Å². The molecule has 0 atom stereocenters. The summed E-state index contributed by atoms with van der Waals surface area (Å²) in [6.07, 6.45) is 1.29. The molecular formula is C13H11BrO. The van der Waals surface area contributed by atoms with Crippen LogP contribution in [0.4, 0.5) is 0 Å². The molecule has 15 heavy (non-hydrogen) atoms. The van der Waals surface area contributed by atoms with E-state index in [1.165, 1.54) is 0 Å². The van der Waals surface area contributed by atoms with Crippen LogP contribution in [0.15, 0.2) is 29.8 Å². The summed E-state index contributed by atoms with van der Waals surface area (Å²) in [6.45, 7) is 8.04. The first-order chi connectivity index (χ1) is 7.01. The molecule has 0 saturated heterocycles. The van der Waals surface area contributed by atoms with Crippen molar-refractivity contribution in [1.82, 2.24) is 0 Å². The average molecular weight is 263 g/mol. The van der Waals surface area contributed by atoms with E-state index >= 15 is 0 Å². The monoisotopic (exact) mass is 262 g/mol. The quantitative estimate of drug-likeness (QED) is 0.759. The van der Waals surface area contributed by atoms with Crippen molar-refractivity contribution in [3.05, 3.63) is 46.5 Å². The first-order valence-corrected chi connectivity index (χ1v) is 5.73. The van der Waals surface area contributed by atoms with Crippen LogP contribution in [0.25, 0.3) is 11.1 Å². The number of hydrogen-bond donors (Lipinski definition) is 1. The van der Waals surface area contributed by atoms with Crippen molar-refractivity contribution in [2.24, 2.45) is 0 Å². The van der Waals surface area contributed by atoms with E-state index in [2.05, 4.69) is 29.1 Å². The summed E-state index contributed by atoms with van der Waals surface area (Å²) in [5, 5.41) is 10.5. The molecule has 76 valence electrons. The Labute approximate surface area is 97.3 Å². The summed E-state index contributed by atoms with van der Waals surface area (Å²) in [5.41, 5.74) is 4.58. The molecule has 0 bridgehead atoms. The molecule has 0 radical (unpaired) electrons. The second-order valence-electron chi connectivity index (χ2n) is 4.47. The van der Waals surface area contributed by atoms with Crippen molar-refractivity contribution >= 4 is 27.1 Å². The molecule has 0 spiro atoms. The summed E-state index contributed by atoms with van der Waals surface area (Å²) >= 11 is 3.48. The van der Waals surface area contributed by atoms with Gasteiger partial charge in [-0.3, -0.25) is 0 Å². The molecule has 2 aliphatic rings. The molecule has 1 nitrogen and oxygen atoms in total. The fraction of sp³-hybridized carbons (Fsp3) is 0.231. The number of rotatable bonds is 0. The van der Waals surface area contributed by atoms with Crippen molar-refractivity contribution in [2.75, 3.05) is 0 Å². The molecule has 3 rings (SSSR count). The van der Waals surface area contributed by atoms with Gasteiger partial charge in [0.2, 0.25) is 0 Å². The summed E-state index contributed by atoms with van der Waals surface area (Å²) in [7, 11) is 0. The molecule has 1 aromatic carbocycles. The minimum absolute atomic E-state index is 0.644. The molecule has 0 fully saturated rings. The minimum Gasteiger partial charge on any atom is -0.384 e. The Bertz CT molecular complexity index is 474. The molecule has 0 unspecified atom stereocenters. The lowest BCUT2D eigenvalue weighted by molar-refractivity contribution is 0.0596. The minimum atomic E-state index is -0.723. The van der Waals surface area contributed by atoms with Crippen molar-refractivity contribution < 1.29 is 5.11 Å². The summed E-state index contributed by atoms with van der Waals surface area (Å²) in [6, 6.07) is 4.08. The van der Waals surface area contributed by atoms with E-state index in [0.717, 1.165) is 32.3 Å². The highest BCUT2D eigenvalue weighted by Crippen LogP contribution is 2.55. The zero-order valence-electron chi connectivity index (χ0n) is 8.31. The fourth-order valence-electron chi connectivity index (χ4n) is 2.80. The molecule has 0 aromatic heterocycles. The molecule has 1 aromatic rings. The topological polar surface area (TPSA) is 20.2 Å². The number of hydrogen-bond acceptors (Lipinski definition) is 1. The summed E-state index contributed by atoms with van der Waals surface area (Å²) < 4.78 is 1.03. The van der Waals surface area contributed by atoms with E-state index < -0.39 is 5.60 Å². The van der Waals surface area contributed by atoms with Crippen molar-refractivity contribution in [1.29, 1.82) is 0 Å². The second kappa shape index (κ2) is 2.63. The SMILES string of the molecule is C=C1CC2(O)CC(=C)c3cc(Br)cc1c32. The fourth-order valence-corrected chi connectivity index (χ4v) is 3.26. The maximum Gasteiger partial charge on any atom is 0.0988 e. The van der Waals surface area contributed by atoms with E-state index in [-0.39, 0.29) is 0 Å². The van der Waals surface area contributed by atoms with Crippen LogP contribution in [0.2, 0.25) is 0 Å². The van der Waals surface area contributed by atoms with Gasteiger partial charge in [0.1, 0.15) is 0 Å². The Morgan fingerprint density at radius 3 is 2.07 bits per heavy atom. The van der Waals surface area contributed by atoms with Crippen molar-refractivity contribution in [3.8, 4) is 0 Å². The lowest BCUT2D eigenvalue weighted by Crippen LogP contribution is -2.17. The second-order valence-corrected chi connectivity index (χ2v) is 5.38. The zero-order chi connectivity index (χ0) is 10.8. The van der Waals surface area contributed by atoms with Crippen LogP contribution in [-0.2, 0) is 5.60 Å². The first kappa shape index (κ1) is 9.37. The van der Waals surface area contributed by atoms with Gasteiger partial charge >= 0.3 is 0 Å². The van der Waals surface area contributed by atoms with Gasteiger partial charge in [0.05, 0.1) is 5.60 Å². The van der Waals surface area contributed by atoms with E-state index in [9.17, 15) is 5.11 Å². The molecular weight excluding hydrogens is 252 g/mol. The van der Waals surface area contributed by atoms with Gasteiger partial charge in [-0.15, -0.1) is 0 Å². The van der Waals surface area contributed by atoms with E-state index in [1.54, 1.807) is 0 Å². The normalized spacial score (nSPS) is 20.9. The van der Waals surface area contributed by atoms with Gasteiger partial charge in [-0.05, 0) is 40.0 Å². The zero-order valence-corrected chi connectivity index (χ0v) is 9.89. The Hall–Kier alpha value is -0.860. The van der Waals surface area contributed by atoms with Crippen LogP contribution >= 0.6 is 15.9 Å². The van der Waals surface area contributed by atoms with Crippen LogP contribution in [0.1, 0.15) is 29.5 Å². The Morgan fingerprint density at radius 1 is 1.13 bits per heavy atom. The third-order valence-electron chi connectivity index (χ3n) is 3.34. The molecule has 0 heterocycles. The molecule has 2 heteroatoms. The van der Waals surface area contributed by atoms with Gasteiger partial charge in [0.15, 0.2) is 0 Å². The van der Waals surface area contributed by atoms with Crippen molar-refractivity contribution in [2.45, 2.75) is 18.4 Å². The maximum absolute atomic E-state index is 10.5. The predicted octanol–water partition coefficient (Wildman–Crippen LogP) is 3.47. The lowest BCUT2D eigenvalue weighted by atomic mass is 9.98. The molecule has 0 aliphatic heterocycles. The van der Waals surface area contributed by atoms with Gasteiger partial charge in [-0.25, -0.2) is 0 Å². The number of aliphatic hydroxyl groups is 1.